The van der Waals surface area contributed by atoms with E-state index in [1.807, 2.05) is 30.5 Å². The average molecular weight is 289 g/mol. The van der Waals surface area contributed by atoms with E-state index in [4.69, 9.17) is 4.74 Å². The zero-order valence-corrected chi connectivity index (χ0v) is 12.1. The number of fused-ring (bicyclic) bond motifs is 1. The van der Waals surface area contributed by atoms with Gasteiger partial charge >= 0.3 is 6.09 Å². The van der Waals surface area contributed by atoms with E-state index < -0.39 is 12.1 Å². The van der Waals surface area contributed by atoms with E-state index in [0.717, 1.165) is 16.5 Å². The molecule has 1 heterocycles. The van der Waals surface area contributed by atoms with Gasteiger partial charge in [0.25, 0.3) is 0 Å². The van der Waals surface area contributed by atoms with Crippen molar-refractivity contribution in [1.29, 1.82) is 0 Å². The molecule has 2 amide bonds. The first-order valence-electron chi connectivity index (χ1n) is 6.85. The molecule has 0 aliphatic rings. The van der Waals surface area contributed by atoms with Crippen molar-refractivity contribution in [3.05, 3.63) is 36.0 Å². The lowest BCUT2D eigenvalue weighted by Crippen LogP contribution is -2.47. The summed E-state index contributed by atoms with van der Waals surface area (Å²) in [6.45, 7) is 1.98. The normalized spacial score (nSPS) is 11.9. The Hall–Kier alpha value is -2.50. The Morgan fingerprint density at radius 1 is 1.33 bits per heavy atom. The van der Waals surface area contributed by atoms with E-state index in [1.165, 1.54) is 7.05 Å². The Kier molecular flexibility index (Phi) is 4.81. The van der Waals surface area contributed by atoms with Gasteiger partial charge in [-0.2, -0.15) is 0 Å². The second-order valence-corrected chi connectivity index (χ2v) is 4.60. The zero-order valence-electron chi connectivity index (χ0n) is 12.1. The molecule has 1 atom stereocenters. The predicted octanol–water partition coefficient (Wildman–Crippen LogP) is 1.57. The number of hydrogen-bond donors (Lipinski definition) is 3. The maximum atomic E-state index is 11.9. The number of aromatic nitrogens is 1. The van der Waals surface area contributed by atoms with Gasteiger partial charge in [0.1, 0.15) is 6.04 Å². The number of likely N-dealkylation sites (N-methyl/N-ethyl adjacent to an activating group) is 1. The number of carbonyl (C=O) groups is 2. The van der Waals surface area contributed by atoms with Gasteiger partial charge in [0.05, 0.1) is 6.61 Å². The Bertz CT molecular complexity index is 636. The summed E-state index contributed by atoms with van der Waals surface area (Å²) in [6, 6.07) is 7.15. The smallest absolute Gasteiger partial charge is 0.407 e. The molecule has 0 aliphatic carbocycles. The molecule has 6 heteroatoms. The second kappa shape index (κ2) is 6.78. The Labute approximate surface area is 122 Å². The highest BCUT2D eigenvalue weighted by Gasteiger charge is 2.22. The summed E-state index contributed by atoms with van der Waals surface area (Å²) in [6.07, 6.45) is 1.65. The van der Waals surface area contributed by atoms with E-state index in [9.17, 15) is 9.59 Å². The average Bonchev–Trinajstić information content (AvgIpc) is 2.89. The third-order valence-corrected chi connectivity index (χ3v) is 3.23. The summed E-state index contributed by atoms with van der Waals surface area (Å²) in [4.78, 5) is 26.6. The SMILES string of the molecule is CCOC(=O)N[C@H](Cc1c[nH]c2ccccc12)C(=O)NC. The zero-order chi connectivity index (χ0) is 15.2. The van der Waals surface area contributed by atoms with Crippen molar-refractivity contribution in [3.8, 4) is 0 Å². The van der Waals surface area contributed by atoms with Crippen molar-refractivity contribution in [1.82, 2.24) is 15.6 Å². The molecule has 0 saturated carbocycles. The highest BCUT2D eigenvalue weighted by atomic mass is 16.5. The molecule has 0 saturated heterocycles. The van der Waals surface area contributed by atoms with Crippen LogP contribution in [0, 0.1) is 0 Å². The van der Waals surface area contributed by atoms with Gasteiger partial charge in [-0.15, -0.1) is 0 Å². The van der Waals surface area contributed by atoms with Crippen LogP contribution in [0.25, 0.3) is 10.9 Å². The molecular formula is C15H19N3O3. The summed E-state index contributed by atoms with van der Waals surface area (Å²) in [5, 5.41) is 6.18. The van der Waals surface area contributed by atoms with Crippen molar-refractivity contribution in [3.63, 3.8) is 0 Å². The Morgan fingerprint density at radius 3 is 2.81 bits per heavy atom. The first-order chi connectivity index (χ1) is 10.2. The maximum Gasteiger partial charge on any atom is 0.407 e. The minimum absolute atomic E-state index is 0.256. The van der Waals surface area contributed by atoms with Crippen LogP contribution in [-0.4, -0.2) is 36.7 Å². The van der Waals surface area contributed by atoms with Crippen LogP contribution in [0.3, 0.4) is 0 Å². The van der Waals surface area contributed by atoms with E-state index in [-0.39, 0.29) is 12.5 Å². The molecule has 1 aromatic heterocycles. The highest BCUT2D eigenvalue weighted by Crippen LogP contribution is 2.19. The summed E-state index contributed by atoms with van der Waals surface area (Å²) in [5.41, 5.74) is 1.97. The van der Waals surface area contributed by atoms with Crippen LogP contribution in [0.15, 0.2) is 30.5 Å². The fourth-order valence-electron chi connectivity index (χ4n) is 2.22. The molecule has 0 radical (unpaired) electrons. The number of nitrogens with one attached hydrogen (secondary N) is 3. The number of para-hydroxylation sites is 1. The fraction of sp³-hybridized carbons (Fsp3) is 0.333. The Balaban J connectivity index is 2.18. The van der Waals surface area contributed by atoms with Crippen LogP contribution in [0.5, 0.6) is 0 Å². The molecule has 0 aliphatic heterocycles. The molecule has 0 fully saturated rings. The van der Waals surface area contributed by atoms with Gasteiger partial charge in [0.2, 0.25) is 5.91 Å². The fourth-order valence-corrected chi connectivity index (χ4v) is 2.22. The van der Waals surface area contributed by atoms with Crippen molar-refractivity contribution in [2.45, 2.75) is 19.4 Å². The number of alkyl carbamates (subject to hydrolysis) is 1. The molecule has 2 aromatic rings. The second-order valence-electron chi connectivity index (χ2n) is 4.60. The number of ether oxygens (including phenoxy) is 1. The van der Waals surface area contributed by atoms with Crippen molar-refractivity contribution in [2.75, 3.05) is 13.7 Å². The lowest BCUT2D eigenvalue weighted by atomic mass is 10.0. The van der Waals surface area contributed by atoms with Crippen LogP contribution in [-0.2, 0) is 16.0 Å². The van der Waals surface area contributed by atoms with Gasteiger partial charge in [0.15, 0.2) is 0 Å². The number of amides is 2. The van der Waals surface area contributed by atoms with Crippen LogP contribution in [0.1, 0.15) is 12.5 Å². The quantitative estimate of drug-likeness (QED) is 0.781. The lowest BCUT2D eigenvalue weighted by molar-refractivity contribution is -0.122. The molecule has 112 valence electrons. The number of aromatic amines is 1. The number of rotatable bonds is 5. The van der Waals surface area contributed by atoms with Crippen LogP contribution < -0.4 is 10.6 Å². The molecule has 0 unspecified atom stereocenters. The molecule has 0 bridgehead atoms. The molecule has 21 heavy (non-hydrogen) atoms. The predicted molar refractivity (Wildman–Crippen MR) is 80.0 cm³/mol. The van der Waals surface area contributed by atoms with Gasteiger partial charge < -0.3 is 20.4 Å². The minimum Gasteiger partial charge on any atom is -0.450 e. The van der Waals surface area contributed by atoms with E-state index in [1.54, 1.807) is 6.92 Å². The molecule has 2 rings (SSSR count). The number of carbonyl (C=O) groups excluding carboxylic acids is 2. The lowest BCUT2D eigenvalue weighted by Gasteiger charge is -2.16. The van der Waals surface area contributed by atoms with Crippen LogP contribution >= 0.6 is 0 Å². The van der Waals surface area contributed by atoms with Gasteiger partial charge in [-0.1, -0.05) is 18.2 Å². The van der Waals surface area contributed by atoms with E-state index in [2.05, 4.69) is 15.6 Å². The monoisotopic (exact) mass is 289 g/mol. The van der Waals surface area contributed by atoms with Gasteiger partial charge in [0, 0.05) is 30.6 Å². The van der Waals surface area contributed by atoms with Crippen molar-refractivity contribution < 1.29 is 14.3 Å². The highest BCUT2D eigenvalue weighted by molar-refractivity contribution is 5.88. The molecule has 3 N–H and O–H groups in total. The van der Waals surface area contributed by atoms with Gasteiger partial charge in [-0.25, -0.2) is 4.79 Å². The number of hydrogen-bond acceptors (Lipinski definition) is 3. The van der Waals surface area contributed by atoms with Crippen molar-refractivity contribution >= 4 is 22.9 Å². The summed E-state index contributed by atoms with van der Waals surface area (Å²) in [7, 11) is 1.54. The van der Waals surface area contributed by atoms with Crippen LogP contribution in [0.2, 0.25) is 0 Å². The minimum atomic E-state index is -0.673. The maximum absolute atomic E-state index is 11.9. The first-order valence-corrected chi connectivity index (χ1v) is 6.85. The van der Waals surface area contributed by atoms with Gasteiger partial charge in [-0.05, 0) is 18.6 Å². The van der Waals surface area contributed by atoms with Gasteiger partial charge in [-0.3, -0.25) is 4.79 Å². The van der Waals surface area contributed by atoms with E-state index >= 15 is 0 Å². The number of H-pyrrole nitrogens is 1. The molecule has 6 nitrogen and oxygen atoms in total. The van der Waals surface area contributed by atoms with Crippen LogP contribution in [0.4, 0.5) is 4.79 Å². The third-order valence-electron chi connectivity index (χ3n) is 3.23. The molecular weight excluding hydrogens is 270 g/mol. The molecule has 0 spiro atoms. The Morgan fingerprint density at radius 2 is 2.10 bits per heavy atom. The largest absolute Gasteiger partial charge is 0.450 e. The first kappa shape index (κ1) is 14.9. The summed E-state index contributed by atoms with van der Waals surface area (Å²) < 4.78 is 4.84. The summed E-state index contributed by atoms with van der Waals surface area (Å²) >= 11 is 0. The summed E-state index contributed by atoms with van der Waals surface area (Å²) in [5.74, 6) is -0.256. The van der Waals surface area contributed by atoms with Crippen molar-refractivity contribution in [2.24, 2.45) is 0 Å². The topological polar surface area (TPSA) is 83.2 Å². The number of benzene rings is 1. The standard InChI is InChI=1S/C15H19N3O3/c1-3-21-15(20)18-13(14(19)16-2)8-10-9-17-12-7-5-4-6-11(10)12/h4-7,9,13,17H,3,8H2,1-2H3,(H,16,19)(H,18,20)/t13-/m1/s1. The molecule has 1 aromatic carbocycles. The third kappa shape index (κ3) is 3.53. The van der Waals surface area contributed by atoms with E-state index in [0.29, 0.717) is 6.42 Å².